The van der Waals surface area contributed by atoms with Crippen molar-refractivity contribution in [2.75, 3.05) is 24.8 Å². The zero-order chi connectivity index (χ0) is 19.6. The number of methoxy groups -OCH3 is 1. The van der Waals surface area contributed by atoms with Crippen LogP contribution in [-0.2, 0) is 4.79 Å². The molecule has 7 nitrogen and oxygen atoms in total. The van der Waals surface area contributed by atoms with Crippen LogP contribution in [0.1, 0.15) is 25.8 Å². The van der Waals surface area contributed by atoms with E-state index in [1.54, 1.807) is 30.0 Å². The van der Waals surface area contributed by atoms with Crippen LogP contribution in [0.4, 0.5) is 5.13 Å². The number of ether oxygens (including phenoxy) is 2. The van der Waals surface area contributed by atoms with Crippen LogP contribution in [0, 0.1) is 11.3 Å². The van der Waals surface area contributed by atoms with Crippen LogP contribution >= 0.6 is 23.1 Å². The molecule has 0 bridgehead atoms. The number of carbonyl (C=O) groups excluding carboxylic acids is 1. The van der Waals surface area contributed by atoms with Crippen LogP contribution in [0.25, 0.3) is 6.08 Å². The number of anilines is 1. The van der Waals surface area contributed by atoms with E-state index in [4.69, 9.17) is 9.47 Å². The molecule has 1 amide bonds. The quantitative estimate of drug-likeness (QED) is 0.292. The van der Waals surface area contributed by atoms with E-state index in [2.05, 4.69) is 22.4 Å². The number of nitrogens with zero attached hydrogens (tertiary/aromatic N) is 3. The maximum Gasteiger partial charge on any atom is 0.268 e. The average Bonchev–Trinajstić information content (AvgIpc) is 3.12. The summed E-state index contributed by atoms with van der Waals surface area (Å²) in [5, 5.41) is 20.3. The Bertz CT molecular complexity index is 859. The predicted molar refractivity (Wildman–Crippen MR) is 107 cm³/mol. The standard InChI is InChI=1S/C18H20N4O3S2/c1-4-8-26-18-22-21-17(27-18)20-16(23)13(11-19)9-12-6-7-14(25-5-2)15(10-12)24-3/h6-7,9-10H,4-5,8H2,1-3H3,(H,20,21,23)/b13-9+. The Labute approximate surface area is 166 Å². The number of thioether (sulfide) groups is 1. The molecule has 0 atom stereocenters. The molecular formula is C18H20N4O3S2. The molecule has 27 heavy (non-hydrogen) atoms. The summed E-state index contributed by atoms with van der Waals surface area (Å²) in [6.07, 6.45) is 2.51. The molecule has 1 aromatic heterocycles. The van der Waals surface area contributed by atoms with Gasteiger partial charge in [-0.05, 0) is 37.1 Å². The minimum Gasteiger partial charge on any atom is -0.493 e. The second-order valence-corrected chi connectivity index (χ2v) is 7.51. The van der Waals surface area contributed by atoms with Crippen molar-refractivity contribution in [1.29, 1.82) is 5.26 Å². The van der Waals surface area contributed by atoms with Crippen LogP contribution < -0.4 is 14.8 Å². The Balaban J connectivity index is 2.14. The van der Waals surface area contributed by atoms with Gasteiger partial charge in [0.25, 0.3) is 5.91 Å². The summed E-state index contributed by atoms with van der Waals surface area (Å²) in [5.41, 5.74) is 0.609. The van der Waals surface area contributed by atoms with Crippen molar-refractivity contribution < 1.29 is 14.3 Å². The van der Waals surface area contributed by atoms with Gasteiger partial charge in [0, 0.05) is 5.75 Å². The van der Waals surface area contributed by atoms with Gasteiger partial charge in [0.15, 0.2) is 15.8 Å². The maximum atomic E-state index is 12.4. The van der Waals surface area contributed by atoms with Crippen molar-refractivity contribution in [3.05, 3.63) is 29.3 Å². The molecule has 0 unspecified atom stereocenters. The molecule has 2 rings (SSSR count). The summed E-state index contributed by atoms with van der Waals surface area (Å²) in [7, 11) is 1.53. The molecule has 0 saturated heterocycles. The number of hydrogen-bond acceptors (Lipinski definition) is 8. The number of carbonyl (C=O) groups is 1. The predicted octanol–water partition coefficient (Wildman–Crippen LogP) is 3.99. The summed E-state index contributed by atoms with van der Waals surface area (Å²) >= 11 is 2.87. The van der Waals surface area contributed by atoms with Gasteiger partial charge in [-0.15, -0.1) is 10.2 Å². The third-order valence-electron chi connectivity index (χ3n) is 3.22. The second kappa shape index (κ2) is 10.5. The third kappa shape index (κ3) is 5.98. The fourth-order valence-corrected chi connectivity index (χ4v) is 3.71. The molecule has 0 radical (unpaired) electrons. The summed E-state index contributed by atoms with van der Waals surface area (Å²) in [6.45, 7) is 4.47. The number of nitrogens with one attached hydrogen (secondary N) is 1. The van der Waals surface area contributed by atoms with Crippen LogP contribution in [0.2, 0.25) is 0 Å². The number of hydrogen-bond donors (Lipinski definition) is 1. The minimum absolute atomic E-state index is 0.0424. The average molecular weight is 405 g/mol. The van der Waals surface area contributed by atoms with Gasteiger partial charge in [-0.3, -0.25) is 10.1 Å². The fraction of sp³-hybridized carbons (Fsp3) is 0.333. The monoisotopic (exact) mass is 404 g/mol. The Morgan fingerprint density at radius 3 is 2.85 bits per heavy atom. The molecular weight excluding hydrogens is 384 g/mol. The van der Waals surface area contributed by atoms with E-state index in [0.29, 0.717) is 28.8 Å². The van der Waals surface area contributed by atoms with E-state index in [9.17, 15) is 10.1 Å². The normalized spacial score (nSPS) is 11.0. The molecule has 1 heterocycles. The lowest BCUT2D eigenvalue weighted by atomic mass is 10.1. The van der Waals surface area contributed by atoms with Crippen LogP contribution in [0.15, 0.2) is 28.1 Å². The molecule has 142 valence electrons. The SMILES string of the molecule is CCCSc1nnc(NC(=O)/C(C#N)=C/c2ccc(OCC)c(OC)c2)s1. The first kappa shape index (κ1) is 20.7. The van der Waals surface area contributed by atoms with Gasteiger partial charge >= 0.3 is 0 Å². The summed E-state index contributed by atoms with van der Waals surface area (Å²) in [6, 6.07) is 7.12. The van der Waals surface area contributed by atoms with Crippen molar-refractivity contribution in [2.45, 2.75) is 24.6 Å². The lowest BCUT2D eigenvalue weighted by Gasteiger charge is -2.09. The molecule has 1 aromatic carbocycles. The van der Waals surface area contributed by atoms with E-state index >= 15 is 0 Å². The highest BCUT2D eigenvalue weighted by Gasteiger charge is 2.14. The molecule has 0 aliphatic carbocycles. The second-order valence-electron chi connectivity index (χ2n) is 5.19. The lowest BCUT2D eigenvalue weighted by Crippen LogP contribution is -2.13. The Morgan fingerprint density at radius 1 is 1.37 bits per heavy atom. The molecule has 0 saturated carbocycles. The smallest absolute Gasteiger partial charge is 0.268 e. The Kier molecular flexibility index (Phi) is 8.10. The van der Waals surface area contributed by atoms with Gasteiger partial charge in [0.2, 0.25) is 5.13 Å². The largest absolute Gasteiger partial charge is 0.493 e. The molecule has 0 spiro atoms. The van der Waals surface area contributed by atoms with Crippen LogP contribution in [0.3, 0.4) is 0 Å². The van der Waals surface area contributed by atoms with Crippen molar-refractivity contribution in [1.82, 2.24) is 10.2 Å². The Morgan fingerprint density at radius 2 is 2.19 bits per heavy atom. The molecule has 2 aromatic rings. The highest BCUT2D eigenvalue weighted by molar-refractivity contribution is 8.01. The number of benzene rings is 1. The van der Waals surface area contributed by atoms with Gasteiger partial charge in [-0.1, -0.05) is 36.1 Å². The van der Waals surface area contributed by atoms with E-state index < -0.39 is 5.91 Å². The fourth-order valence-electron chi connectivity index (χ4n) is 2.04. The first-order valence-electron chi connectivity index (χ1n) is 8.31. The summed E-state index contributed by atoms with van der Waals surface area (Å²) < 4.78 is 11.5. The molecule has 9 heteroatoms. The van der Waals surface area contributed by atoms with E-state index in [1.165, 1.54) is 24.5 Å². The van der Waals surface area contributed by atoms with Gasteiger partial charge < -0.3 is 9.47 Å². The minimum atomic E-state index is -0.534. The zero-order valence-electron chi connectivity index (χ0n) is 15.3. The number of amides is 1. The summed E-state index contributed by atoms with van der Waals surface area (Å²) in [4.78, 5) is 12.4. The molecule has 0 aliphatic rings. The Hall–Kier alpha value is -2.57. The van der Waals surface area contributed by atoms with Crippen molar-refractivity contribution in [2.24, 2.45) is 0 Å². The first-order valence-corrected chi connectivity index (χ1v) is 10.1. The van der Waals surface area contributed by atoms with E-state index in [0.717, 1.165) is 16.5 Å². The van der Waals surface area contributed by atoms with Crippen molar-refractivity contribution >= 4 is 40.2 Å². The van der Waals surface area contributed by atoms with Gasteiger partial charge in [0.1, 0.15) is 11.6 Å². The van der Waals surface area contributed by atoms with Crippen LogP contribution in [0.5, 0.6) is 11.5 Å². The van der Waals surface area contributed by atoms with Gasteiger partial charge in [0.05, 0.1) is 13.7 Å². The molecule has 0 fully saturated rings. The third-order valence-corrected chi connectivity index (χ3v) is 5.40. The summed E-state index contributed by atoms with van der Waals surface area (Å²) in [5.74, 6) is 1.54. The molecule has 0 aliphatic heterocycles. The zero-order valence-corrected chi connectivity index (χ0v) is 16.9. The highest BCUT2D eigenvalue weighted by Crippen LogP contribution is 2.29. The number of aromatic nitrogens is 2. The number of nitriles is 1. The van der Waals surface area contributed by atoms with Crippen LogP contribution in [-0.4, -0.2) is 35.6 Å². The van der Waals surface area contributed by atoms with Gasteiger partial charge in [-0.25, -0.2) is 0 Å². The molecule has 1 N–H and O–H groups in total. The highest BCUT2D eigenvalue weighted by atomic mass is 32.2. The van der Waals surface area contributed by atoms with E-state index in [1.807, 2.05) is 13.0 Å². The topological polar surface area (TPSA) is 97.1 Å². The van der Waals surface area contributed by atoms with Gasteiger partial charge in [-0.2, -0.15) is 5.26 Å². The first-order chi connectivity index (χ1) is 13.1. The lowest BCUT2D eigenvalue weighted by molar-refractivity contribution is -0.112. The van der Waals surface area contributed by atoms with E-state index in [-0.39, 0.29) is 5.57 Å². The maximum absolute atomic E-state index is 12.4. The van der Waals surface area contributed by atoms with Crippen molar-refractivity contribution in [3.63, 3.8) is 0 Å². The van der Waals surface area contributed by atoms with Crippen molar-refractivity contribution in [3.8, 4) is 17.6 Å². The number of rotatable bonds is 9.